The number of imidazole rings is 1. The van der Waals surface area contributed by atoms with Crippen LogP contribution in [0, 0.1) is 0 Å². The smallest absolute Gasteiger partial charge is 0.258 e. The summed E-state index contributed by atoms with van der Waals surface area (Å²) >= 11 is 0. The van der Waals surface area contributed by atoms with Crippen molar-refractivity contribution in [1.82, 2.24) is 24.6 Å². The van der Waals surface area contributed by atoms with Gasteiger partial charge in [0.05, 0.1) is 11.9 Å². The van der Waals surface area contributed by atoms with Crippen LogP contribution in [0.1, 0.15) is 35.3 Å². The summed E-state index contributed by atoms with van der Waals surface area (Å²) in [6.07, 6.45) is 8.09. The number of nitrogens with two attached hydrogens (primary N) is 1. The molecule has 4 N–H and O–H groups in total. The Morgan fingerprint density at radius 1 is 1.11 bits per heavy atom. The Bertz CT molecular complexity index is 1330. The fourth-order valence-corrected chi connectivity index (χ4v) is 4.48. The molecule has 0 spiro atoms. The van der Waals surface area contributed by atoms with Gasteiger partial charge in [-0.25, -0.2) is 4.98 Å². The summed E-state index contributed by atoms with van der Waals surface area (Å²) in [4.78, 5) is 32.4. The number of aryl methyl sites for hydroxylation is 1. The third kappa shape index (κ3) is 5.36. The zero-order chi connectivity index (χ0) is 24.9. The molecule has 0 saturated carbocycles. The van der Waals surface area contributed by atoms with Crippen LogP contribution >= 0.6 is 0 Å². The minimum absolute atomic E-state index is 0.0498. The van der Waals surface area contributed by atoms with Crippen molar-refractivity contribution in [3.8, 4) is 16.8 Å². The molecule has 9 nitrogen and oxygen atoms in total. The van der Waals surface area contributed by atoms with Gasteiger partial charge in [-0.1, -0.05) is 30.3 Å². The number of amides is 2. The number of hydrogen-bond acceptors (Lipinski definition) is 5. The van der Waals surface area contributed by atoms with E-state index in [1.165, 1.54) is 0 Å². The monoisotopic (exact) mass is 483 g/mol. The van der Waals surface area contributed by atoms with Crippen molar-refractivity contribution in [2.75, 3.05) is 18.4 Å². The van der Waals surface area contributed by atoms with E-state index >= 15 is 0 Å². The zero-order valence-electron chi connectivity index (χ0n) is 19.9. The first-order chi connectivity index (χ1) is 17.6. The van der Waals surface area contributed by atoms with Crippen LogP contribution in [-0.2, 0) is 11.2 Å². The molecule has 4 aromatic rings. The van der Waals surface area contributed by atoms with Gasteiger partial charge in [0.1, 0.15) is 0 Å². The first-order valence-electron chi connectivity index (χ1n) is 12.1. The first kappa shape index (κ1) is 23.5. The molecule has 9 heteroatoms. The third-order valence-electron chi connectivity index (χ3n) is 6.38. The number of nitrogens with one attached hydrogen (secondary N) is 2. The van der Waals surface area contributed by atoms with Crippen LogP contribution < -0.4 is 11.1 Å². The number of benzene rings is 2. The molecular weight excluding hydrogens is 454 g/mol. The summed E-state index contributed by atoms with van der Waals surface area (Å²) in [6, 6.07) is 17.1. The van der Waals surface area contributed by atoms with Gasteiger partial charge < -0.3 is 10.6 Å². The third-order valence-corrected chi connectivity index (χ3v) is 6.38. The number of H-pyrrole nitrogens is 1. The fraction of sp³-hybridized carbons (Fsp3) is 0.259. The molecule has 0 radical (unpaired) electrons. The lowest BCUT2D eigenvalue weighted by molar-refractivity contribution is -0.132. The SMILES string of the molecule is N[C@@H]1CCCN(C(=O)CCc2cn(-c3ccccc3)c(NC(=O)c3cccc(-c4cn[nH]c4)c3)n2)C1. The minimum atomic E-state index is -0.270. The number of likely N-dealkylation sites (tertiary alicyclic amines) is 1. The lowest BCUT2D eigenvalue weighted by atomic mass is 10.1. The average Bonchev–Trinajstić information content (AvgIpc) is 3.58. The molecule has 3 heterocycles. The van der Waals surface area contributed by atoms with E-state index in [4.69, 9.17) is 5.73 Å². The van der Waals surface area contributed by atoms with Gasteiger partial charge in [-0.2, -0.15) is 5.10 Å². The van der Waals surface area contributed by atoms with E-state index < -0.39 is 0 Å². The average molecular weight is 484 g/mol. The summed E-state index contributed by atoms with van der Waals surface area (Å²) in [5.74, 6) is 0.219. The number of para-hydroxylation sites is 1. The zero-order valence-corrected chi connectivity index (χ0v) is 19.9. The highest BCUT2D eigenvalue weighted by molar-refractivity contribution is 6.04. The lowest BCUT2D eigenvalue weighted by Gasteiger charge is -2.30. The number of rotatable bonds is 7. The maximum absolute atomic E-state index is 13.2. The molecular formula is C27H29N7O2. The Morgan fingerprint density at radius 2 is 1.97 bits per heavy atom. The lowest BCUT2D eigenvalue weighted by Crippen LogP contribution is -2.45. The number of aromatic nitrogens is 4. The van der Waals surface area contributed by atoms with Crippen molar-refractivity contribution >= 4 is 17.8 Å². The first-order valence-corrected chi connectivity index (χ1v) is 12.1. The topological polar surface area (TPSA) is 122 Å². The van der Waals surface area contributed by atoms with Crippen LogP contribution in [0.15, 0.2) is 73.2 Å². The second kappa shape index (κ2) is 10.6. The molecule has 1 saturated heterocycles. The molecule has 5 rings (SSSR count). The van der Waals surface area contributed by atoms with Crippen molar-refractivity contribution in [2.45, 2.75) is 31.7 Å². The summed E-state index contributed by atoms with van der Waals surface area (Å²) in [5.41, 5.74) is 9.93. The molecule has 2 aromatic carbocycles. The number of aromatic amines is 1. The van der Waals surface area contributed by atoms with Crippen molar-refractivity contribution in [1.29, 1.82) is 0 Å². The summed E-state index contributed by atoms with van der Waals surface area (Å²) in [7, 11) is 0. The number of anilines is 1. The van der Waals surface area contributed by atoms with E-state index in [0.29, 0.717) is 30.9 Å². The number of carbonyl (C=O) groups excluding carboxylic acids is 2. The molecule has 1 aliphatic heterocycles. The normalized spacial score (nSPS) is 15.6. The van der Waals surface area contributed by atoms with Gasteiger partial charge in [-0.15, -0.1) is 0 Å². The van der Waals surface area contributed by atoms with E-state index in [2.05, 4.69) is 20.5 Å². The maximum Gasteiger partial charge on any atom is 0.258 e. The second-order valence-corrected chi connectivity index (χ2v) is 9.03. The Hall–Kier alpha value is -4.24. The van der Waals surface area contributed by atoms with E-state index in [1.54, 1.807) is 18.5 Å². The predicted molar refractivity (Wildman–Crippen MR) is 138 cm³/mol. The second-order valence-electron chi connectivity index (χ2n) is 9.03. The molecule has 0 unspecified atom stereocenters. The van der Waals surface area contributed by atoms with E-state index in [9.17, 15) is 9.59 Å². The number of piperidine rings is 1. The van der Waals surface area contributed by atoms with Gasteiger partial charge in [0.2, 0.25) is 11.9 Å². The Morgan fingerprint density at radius 3 is 2.75 bits per heavy atom. The van der Waals surface area contributed by atoms with Gasteiger partial charge in [0.25, 0.3) is 5.91 Å². The Kier molecular flexibility index (Phi) is 6.90. The summed E-state index contributed by atoms with van der Waals surface area (Å²) in [5, 5.41) is 9.72. The summed E-state index contributed by atoms with van der Waals surface area (Å²) in [6.45, 7) is 1.36. The van der Waals surface area contributed by atoms with Gasteiger partial charge in [0, 0.05) is 61.2 Å². The van der Waals surface area contributed by atoms with E-state index in [0.717, 1.165) is 41.9 Å². The van der Waals surface area contributed by atoms with Crippen molar-refractivity contribution in [2.24, 2.45) is 5.73 Å². The maximum atomic E-state index is 13.2. The molecule has 0 aliphatic carbocycles. The van der Waals surface area contributed by atoms with Crippen LogP contribution in [0.25, 0.3) is 16.8 Å². The number of hydrogen-bond donors (Lipinski definition) is 3. The Balaban J connectivity index is 1.34. The highest BCUT2D eigenvalue weighted by atomic mass is 16.2. The predicted octanol–water partition coefficient (Wildman–Crippen LogP) is 3.40. The molecule has 184 valence electrons. The van der Waals surface area contributed by atoms with Crippen LogP contribution in [0.3, 0.4) is 0 Å². The van der Waals surface area contributed by atoms with Gasteiger partial charge in [-0.05, 0) is 42.7 Å². The van der Waals surface area contributed by atoms with Crippen molar-refractivity contribution in [3.05, 3.63) is 84.4 Å². The highest BCUT2D eigenvalue weighted by Gasteiger charge is 2.22. The van der Waals surface area contributed by atoms with E-state index in [1.807, 2.05) is 64.2 Å². The highest BCUT2D eigenvalue weighted by Crippen LogP contribution is 2.22. The van der Waals surface area contributed by atoms with E-state index in [-0.39, 0.29) is 17.9 Å². The quantitative estimate of drug-likeness (QED) is 0.372. The number of carbonyl (C=O) groups is 2. The standard InChI is InChI=1S/C27H29N7O2/c28-22-8-5-13-33(17-22)25(35)12-11-23-18-34(24-9-2-1-3-10-24)27(31-23)32-26(36)20-7-4-6-19(14-20)21-15-29-30-16-21/h1-4,6-7,9-10,14-16,18,22H,5,8,11-13,17,28H2,(H,29,30)(H,31,32,36)/t22-/m1/s1. The molecule has 0 bridgehead atoms. The minimum Gasteiger partial charge on any atom is -0.341 e. The molecule has 2 aromatic heterocycles. The Labute approximate surface area is 209 Å². The number of nitrogens with zero attached hydrogens (tertiary/aromatic N) is 4. The van der Waals surface area contributed by atoms with Crippen LogP contribution in [0.4, 0.5) is 5.95 Å². The fourth-order valence-electron chi connectivity index (χ4n) is 4.48. The molecule has 1 aliphatic rings. The largest absolute Gasteiger partial charge is 0.341 e. The molecule has 1 atom stereocenters. The van der Waals surface area contributed by atoms with Crippen LogP contribution in [0.2, 0.25) is 0 Å². The van der Waals surface area contributed by atoms with Crippen LogP contribution in [0.5, 0.6) is 0 Å². The van der Waals surface area contributed by atoms with Gasteiger partial charge in [0.15, 0.2) is 0 Å². The van der Waals surface area contributed by atoms with Crippen LogP contribution in [-0.4, -0.2) is 55.6 Å². The molecule has 1 fully saturated rings. The summed E-state index contributed by atoms with van der Waals surface area (Å²) < 4.78 is 1.84. The van der Waals surface area contributed by atoms with Crippen molar-refractivity contribution < 1.29 is 9.59 Å². The van der Waals surface area contributed by atoms with Gasteiger partial charge >= 0.3 is 0 Å². The van der Waals surface area contributed by atoms with Crippen molar-refractivity contribution in [3.63, 3.8) is 0 Å². The molecule has 36 heavy (non-hydrogen) atoms. The molecule has 2 amide bonds. The van der Waals surface area contributed by atoms with Gasteiger partial charge in [-0.3, -0.25) is 24.6 Å².